The van der Waals surface area contributed by atoms with Crippen molar-refractivity contribution in [2.24, 2.45) is 29.1 Å². The SMILES string of the molecule is CC(CCCC1(c2cccc(OP(=O)(O)O)c2)OOC12C1CC3CC(C1)CC2C3)(C(=O)O)C(=O)O. The normalized spacial score (nSPS) is 35.6. The molecular weight excluding hydrogens is 479 g/mol. The van der Waals surface area contributed by atoms with Crippen LogP contribution in [0, 0.1) is 29.1 Å². The van der Waals surface area contributed by atoms with Crippen molar-refractivity contribution in [1.82, 2.24) is 0 Å². The Hall–Kier alpha value is -1.97. The second-order valence-electron chi connectivity index (χ2n) is 11.0. The summed E-state index contributed by atoms with van der Waals surface area (Å²) in [5.74, 6) is -1.02. The van der Waals surface area contributed by atoms with Crippen LogP contribution in [0.1, 0.15) is 63.9 Å². The van der Waals surface area contributed by atoms with Crippen LogP contribution in [0.5, 0.6) is 5.75 Å². The van der Waals surface area contributed by atoms with E-state index >= 15 is 0 Å². The van der Waals surface area contributed by atoms with Crippen molar-refractivity contribution in [3.8, 4) is 5.75 Å². The zero-order valence-electron chi connectivity index (χ0n) is 19.5. The number of hydrogen-bond donors (Lipinski definition) is 4. The first-order chi connectivity index (χ1) is 16.4. The molecule has 11 heteroatoms. The molecule has 5 aliphatic rings. The van der Waals surface area contributed by atoms with E-state index < -0.39 is 36.4 Å². The maximum Gasteiger partial charge on any atom is 0.524 e. The number of phosphoric ester groups is 1. The van der Waals surface area contributed by atoms with Gasteiger partial charge in [0.05, 0.1) is 0 Å². The summed E-state index contributed by atoms with van der Waals surface area (Å²) < 4.78 is 16.3. The van der Waals surface area contributed by atoms with E-state index in [0.717, 1.165) is 25.7 Å². The highest BCUT2D eigenvalue weighted by Gasteiger charge is 2.75. The third kappa shape index (κ3) is 3.81. The topological polar surface area (TPSA) is 160 Å². The Labute approximate surface area is 202 Å². The number of carboxylic acids is 2. The first-order valence-corrected chi connectivity index (χ1v) is 13.6. The lowest BCUT2D eigenvalue weighted by Crippen LogP contribution is -2.75. The molecule has 10 nitrogen and oxygen atoms in total. The Morgan fingerprint density at radius 1 is 1.06 bits per heavy atom. The van der Waals surface area contributed by atoms with Crippen LogP contribution in [0.25, 0.3) is 0 Å². The smallest absolute Gasteiger partial charge is 0.480 e. The monoisotopic (exact) mass is 510 g/mol. The number of phosphoric acid groups is 1. The van der Waals surface area contributed by atoms with Crippen LogP contribution in [-0.2, 0) is 29.5 Å². The largest absolute Gasteiger partial charge is 0.524 e. The molecule has 5 fully saturated rings. The van der Waals surface area contributed by atoms with Gasteiger partial charge in [0.2, 0.25) is 0 Å². The van der Waals surface area contributed by atoms with Crippen molar-refractivity contribution in [2.45, 2.75) is 69.5 Å². The minimum absolute atomic E-state index is 0.00872. The van der Waals surface area contributed by atoms with Gasteiger partial charge in [-0.1, -0.05) is 12.1 Å². The molecule has 1 atom stereocenters. The van der Waals surface area contributed by atoms with Gasteiger partial charge in [-0.2, -0.15) is 0 Å². The van der Waals surface area contributed by atoms with Gasteiger partial charge in [0.25, 0.3) is 0 Å². The molecule has 4 bridgehead atoms. The molecule has 35 heavy (non-hydrogen) atoms. The van der Waals surface area contributed by atoms with Crippen LogP contribution in [0.4, 0.5) is 0 Å². The molecule has 4 saturated carbocycles. The van der Waals surface area contributed by atoms with Gasteiger partial charge in [0, 0.05) is 0 Å². The van der Waals surface area contributed by atoms with Gasteiger partial charge in [-0.3, -0.25) is 19.4 Å². The van der Waals surface area contributed by atoms with Crippen LogP contribution in [0.3, 0.4) is 0 Å². The van der Waals surface area contributed by atoms with Crippen molar-refractivity contribution in [3.63, 3.8) is 0 Å². The van der Waals surface area contributed by atoms with E-state index in [1.54, 1.807) is 18.2 Å². The molecule has 4 N–H and O–H groups in total. The third-order valence-electron chi connectivity index (χ3n) is 8.98. The minimum atomic E-state index is -4.78. The second kappa shape index (κ2) is 8.28. The van der Waals surface area contributed by atoms with Crippen LogP contribution < -0.4 is 4.52 Å². The van der Waals surface area contributed by atoms with Gasteiger partial charge in [-0.05, 0) is 99.7 Å². The Morgan fingerprint density at radius 2 is 1.66 bits per heavy atom. The zero-order chi connectivity index (χ0) is 25.2. The standard InChI is InChI=1S/C24H31O10P/c1-22(20(25)26,21(27)28)6-3-7-23(16-4-2-5-19(13-16)32-35(29,30)31)24(34-33-23)17-9-14-8-15(11-17)12-18(24)10-14/h2,4-5,13-15,17-18H,3,6-12H2,1H3,(H,25,26)(H,27,28)(H2,29,30,31). The molecule has 0 aromatic heterocycles. The summed E-state index contributed by atoms with van der Waals surface area (Å²) in [4.78, 5) is 54.1. The fraction of sp³-hybridized carbons (Fsp3) is 0.667. The molecule has 192 valence electrons. The molecule has 4 aliphatic carbocycles. The Morgan fingerprint density at radius 3 is 2.14 bits per heavy atom. The average Bonchev–Trinajstić information content (AvgIpc) is 2.74. The lowest BCUT2D eigenvalue weighted by atomic mass is 9.44. The first kappa shape index (κ1) is 24.7. The van der Waals surface area contributed by atoms with Crippen molar-refractivity contribution >= 4 is 19.8 Å². The molecule has 0 radical (unpaired) electrons. The Balaban J connectivity index is 1.51. The van der Waals surface area contributed by atoms with E-state index in [1.165, 1.54) is 19.4 Å². The van der Waals surface area contributed by atoms with Crippen LogP contribution in [0.2, 0.25) is 0 Å². The van der Waals surface area contributed by atoms with Crippen LogP contribution in [-0.4, -0.2) is 37.5 Å². The van der Waals surface area contributed by atoms with Gasteiger partial charge in [0.1, 0.15) is 11.4 Å². The second-order valence-corrected chi connectivity index (χ2v) is 12.2. The average molecular weight is 510 g/mol. The fourth-order valence-corrected chi connectivity index (χ4v) is 7.90. The van der Waals surface area contributed by atoms with E-state index in [9.17, 15) is 34.2 Å². The van der Waals surface area contributed by atoms with Crippen molar-refractivity contribution < 1.29 is 48.5 Å². The van der Waals surface area contributed by atoms with E-state index in [2.05, 4.69) is 0 Å². The summed E-state index contributed by atoms with van der Waals surface area (Å²) in [5, 5.41) is 19.1. The quantitative estimate of drug-likeness (QED) is 0.218. The van der Waals surface area contributed by atoms with Crippen molar-refractivity contribution in [3.05, 3.63) is 29.8 Å². The summed E-state index contributed by atoms with van der Waals surface area (Å²) in [6.45, 7) is 1.20. The molecular formula is C24H31O10P. The summed E-state index contributed by atoms with van der Waals surface area (Å²) in [5.41, 5.74) is -2.95. The van der Waals surface area contributed by atoms with Gasteiger partial charge in [-0.25, -0.2) is 14.3 Å². The highest BCUT2D eigenvalue weighted by Crippen LogP contribution is 2.70. The van der Waals surface area contributed by atoms with Crippen molar-refractivity contribution in [1.29, 1.82) is 0 Å². The Bertz CT molecular complexity index is 1040. The van der Waals surface area contributed by atoms with Gasteiger partial charge in [0.15, 0.2) is 11.0 Å². The maximum absolute atomic E-state index is 11.7. The van der Waals surface area contributed by atoms with E-state index in [-0.39, 0.29) is 30.4 Å². The van der Waals surface area contributed by atoms with E-state index in [0.29, 0.717) is 23.8 Å². The number of aliphatic carboxylic acids is 2. The predicted octanol–water partition coefficient (Wildman–Crippen LogP) is 3.86. The third-order valence-corrected chi connectivity index (χ3v) is 9.43. The lowest BCUT2D eigenvalue weighted by Gasteiger charge is -2.70. The summed E-state index contributed by atoms with van der Waals surface area (Å²) in [7, 11) is -4.78. The van der Waals surface area contributed by atoms with Crippen molar-refractivity contribution in [2.75, 3.05) is 0 Å². The summed E-state index contributed by atoms with van der Waals surface area (Å²) >= 11 is 0. The zero-order valence-corrected chi connectivity index (χ0v) is 20.4. The molecule has 1 aromatic carbocycles. The van der Waals surface area contributed by atoms with Crippen LogP contribution >= 0.6 is 7.82 Å². The maximum atomic E-state index is 11.7. The molecule has 1 unspecified atom stereocenters. The van der Waals surface area contributed by atoms with Gasteiger partial charge in [-0.15, -0.1) is 0 Å². The van der Waals surface area contributed by atoms with Gasteiger partial charge >= 0.3 is 19.8 Å². The predicted molar refractivity (Wildman–Crippen MR) is 120 cm³/mol. The molecule has 6 rings (SSSR count). The highest BCUT2D eigenvalue weighted by molar-refractivity contribution is 7.46. The molecule has 1 spiro atoms. The summed E-state index contributed by atoms with van der Waals surface area (Å²) in [6.07, 6.45) is 5.74. The molecule has 1 aromatic rings. The molecule has 1 saturated heterocycles. The highest BCUT2D eigenvalue weighted by atomic mass is 31.2. The minimum Gasteiger partial charge on any atom is -0.480 e. The first-order valence-electron chi connectivity index (χ1n) is 12.1. The molecule has 1 heterocycles. The lowest BCUT2D eigenvalue weighted by molar-refractivity contribution is -0.596. The number of hydrogen-bond acceptors (Lipinski definition) is 6. The Kier molecular flexibility index (Phi) is 5.85. The number of benzene rings is 1. The number of carboxylic acid groups (broad SMARTS) is 2. The van der Waals surface area contributed by atoms with E-state index in [4.69, 9.17) is 14.3 Å². The molecule has 1 aliphatic heterocycles. The fourth-order valence-electron chi connectivity index (χ4n) is 7.51. The van der Waals surface area contributed by atoms with Gasteiger partial charge < -0.3 is 14.7 Å². The molecule has 0 amide bonds. The van der Waals surface area contributed by atoms with Crippen LogP contribution in [0.15, 0.2) is 24.3 Å². The summed E-state index contributed by atoms with van der Waals surface area (Å²) in [6, 6.07) is 6.43. The number of rotatable bonds is 9. The number of carbonyl (C=O) groups is 2. The van der Waals surface area contributed by atoms with E-state index in [1.807, 2.05) is 0 Å².